The molecule has 0 aromatic carbocycles. The van der Waals surface area contributed by atoms with Crippen LogP contribution in [0.1, 0.15) is 6.42 Å². The summed E-state index contributed by atoms with van der Waals surface area (Å²) in [5.74, 6) is -1.37. The number of aliphatic hydroxyl groups excluding tert-OH is 1. The molecule has 1 heterocycles. The van der Waals surface area contributed by atoms with E-state index >= 15 is 0 Å². The lowest BCUT2D eigenvalue weighted by molar-refractivity contribution is -0.149. The van der Waals surface area contributed by atoms with Crippen LogP contribution < -0.4 is 0 Å². The van der Waals surface area contributed by atoms with Gasteiger partial charge in [-0.15, -0.1) is 0 Å². The number of esters is 1. The lowest BCUT2D eigenvalue weighted by Gasteiger charge is -1.99. The highest BCUT2D eigenvalue weighted by Gasteiger charge is 2.31. The maximum Gasteiger partial charge on any atom is 0.375 e. The highest BCUT2D eigenvalue weighted by molar-refractivity contribution is 6.35. The summed E-state index contributed by atoms with van der Waals surface area (Å²) in [6, 6.07) is 0. The summed E-state index contributed by atoms with van der Waals surface area (Å²) in [6.07, 6.45) is -0.569. The molecular weight excluding hydrogens is 124 g/mol. The predicted octanol–water partition coefficient (Wildman–Crippen LogP) is -1.14. The van der Waals surface area contributed by atoms with Crippen molar-refractivity contribution >= 4 is 11.8 Å². The fourth-order valence-corrected chi connectivity index (χ4v) is 0.651. The monoisotopic (exact) mass is 130 g/mol. The Hall–Kier alpha value is -0.900. The van der Waals surface area contributed by atoms with Crippen molar-refractivity contribution in [1.82, 2.24) is 0 Å². The van der Waals surface area contributed by atoms with Gasteiger partial charge in [0.15, 0.2) is 0 Å². The molecule has 1 atom stereocenters. The van der Waals surface area contributed by atoms with Crippen LogP contribution in [0, 0.1) is 0 Å². The SMILES string of the molecule is O=C1CC(CO)OC1=O. The van der Waals surface area contributed by atoms with Gasteiger partial charge in [0, 0.05) is 0 Å². The maximum atomic E-state index is 10.4. The number of rotatable bonds is 1. The molecule has 1 fully saturated rings. The molecule has 0 aromatic heterocycles. The van der Waals surface area contributed by atoms with Crippen molar-refractivity contribution in [3.63, 3.8) is 0 Å². The number of ether oxygens (including phenoxy) is 1. The zero-order valence-corrected chi connectivity index (χ0v) is 4.66. The second-order valence-electron chi connectivity index (χ2n) is 1.84. The summed E-state index contributed by atoms with van der Waals surface area (Å²) >= 11 is 0. The Morgan fingerprint density at radius 3 is 2.56 bits per heavy atom. The molecule has 1 rings (SSSR count). The van der Waals surface area contributed by atoms with Gasteiger partial charge in [0.1, 0.15) is 6.10 Å². The second-order valence-corrected chi connectivity index (χ2v) is 1.84. The van der Waals surface area contributed by atoms with E-state index in [0.717, 1.165) is 0 Å². The minimum atomic E-state index is -0.825. The molecule has 50 valence electrons. The molecule has 1 aliphatic rings. The third-order valence-corrected chi connectivity index (χ3v) is 1.12. The van der Waals surface area contributed by atoms with Crippen LogP contribution in [0.3, 0.4) is 0 Å². The van der Waals surface area contributed by atoms with Gasteiger partial charge in [-0.3, -0.25) is 4.79 Å². The number of ketones is 1. The van der Waals surface area contributed by atoms with Gasteiger partial charge in [-0.2, -0.15) is 0 Å². The maximum absolute atomic E-state index is 10.4. The molecule has 9 heavy (non-hydrogen) atoms. The van der Waals surface area contributed by atoms with E-state index in [1.165, 1.54) is 0 Å². The third-order valence-electron chi connectivity index (χ3n) is 1.12. The Balaban J connectivity index is 2.54. The van der Waals surface area contributed by atoms with E-state index in [-0.39, 0.29) is 13.0 Å². The number of cyclic esters (lactones) is 1. The Morgan fingerprint density at radius 1 is 1.67 bits per heavy atom. The molecule has 1 aliphatic heterocycles. The second kappa shape index (κ2) is 2.14. The molecule has 0 aliphatic carbocycles. The summed E-state index contributed by atoms with van der Waals surface area (Å²) < 4.78 is 4.38. The number of hydrogen-bond donors (Lipinski definition) is 1. The lowest BCUT2D eigenvalue weighted by Crippen LogP contribution is -2.10. The van der Waals surface area contributed by atoms with Crippen LogP contribution in [0.4, 0.5) is 0 Å². The van der Waals surface area contributed by atoms with Gasteiger partial charge >= 0.3 is 5.97 Å². The van der Waals surface area contributed by atoms with Gasteiger partial charge < -0.3 is 9.84 Å². The van der Waals surface area contributed by atoms with Gasteiger partial charge in [0.25, 0.3) is 0 Å². The Labute approximate surface area is 51.4 Å². The highest BCUT2D eigenvalue weighted by atomic mass is 16.6. The first-order valence-electron chi connectivity index (χ1n) is 2.58. The predicted molar refractivity (Wildman–Crippen MR) is 26.6 cm³/mol. The largest absolute Gasteiger partial charge is 0.454 e. The average molecular weight is 130 g/mol. The van der Waals surface area contributed by atoms with E-state index in [2.05, 4.69) is 4.74 Å². The molecule has 4 heteroatoms. The van der Waals surface area contributed by atoms with E-state index in [0.29, 0.717) is 0 Å². The van der Waals surface area contributed by atoms with Crippen molar-refractivity contribution in [3.05, 3.63) is 0 Å². The van der Waals surface area contributed by atoms with Gasteiger partial charge in [0.2, 0.25) is 5.78 Å². The Morgan fingerprint density at radius 2 is 2.33 bits per heavy atom. The van der Waals surface area contributed by atoms with E-state index < -0.39 is 17.9 Å². The van der Waals surface area contributed by atoms with Crippen LogP contribution in [0.2, 0.25) is 0 Å². The highest BCUT2D eigenvalue weighted by Crippen LogP contribution is 2.08. The summed E-state index contributed by atoms with van der Waals surface area (Å²) in [4.78, 5) is 20.6. The lowest BCUT2D eigenvalue weighted by atomic mass is 10.2. The average Bonchev–Trinajstić information content (AvgIpc) is 2.13. The van der Waals surface area contributed by atoms with Crippen LogP contribution in [-0.4, -0.2) is 29.6 Å². The Bertz CT molecular complexity index is 135. The minimum Gasteiger partial charge on any atom is -0.454 e. The van der Waals surface area contributed by atoms with Crippen molar-refractivity contribution in [2.45, 2.75) is 12.5 Å². The first-order chi connectivity index (χ1) is 4.24. The first kappa shape index (κ1) is 6.22. The summed E-state index contributed by atoms with van der Waals surface area (Å²) in [6.45, 7) is -0.266. The summed E-state index contributed by atoms with van der Waals surface area (Å²) in [5.41, 5.74) is 0. The van der Waals surface area contributed by atoms with Crippen molar-refractivity contribution in [1.29, 1.82) is 0 Å². The van der Waals surface area contributed by atoms with Crippen LogP contribution >= 0.6 is 0 Å². The number of Topliss-reactive ketones (excluding diaryl/α,β-unsaturated/α-hetero) is 1. The van der Waals surface area contributed by atoms with Crippen LogP contribution in [-0.2, 0) is 14.3 Å². The van der Waals surface area contributed by atoms with E-state index in [9.17, 15) is 9.59 Å². The topological polar surface area (TPSA) is 63.6 Å². The van der Waals surface area contributed by atoms with Gasteiger partial charge in [0.05, 0.1) is 13.0 Å². The summed E-state index contributed by atoms with van der Waals surface area (Å²) in [5, 5.41) is 8.37. The van der Waals surface area contributed by atoms with Crippen molar-refractivity contribution in [2.75, 3.05) is 6.61 Å². The van der Waals surface area contributed by atoms with Gasteiger partial charge in [-0.25, -0.2) is 4.79 Å². The van der Waals surface area contributed by atoms with Crippen LogP contribution in [0.15, 0.2) is 0 Å². The summed E-state index contributed by atoms with van der Waals surface area (Å²) in [7, 11) is 0. The van der Waals surface area contributed by atoms with Crippen LogP contribution in [0.25, 0.3) is 0 Å². The molecular formula is C5H6O4. The fraction of sp³-hybridized carbons (Fsp3) is 0.600. The van der Waals surface area contributed by atoms with Gasteiger partial charge in [-0.1, -0.05) is 0 Å². The van der Waals surface area contributed by atoms with Crippen molar-refractivity contribution < 1.29 is 19.4 Å². The smallest absolute Gasteiger partial charge is 0.375 e. The molecule has 1 unspecified atom stereocenters. The molecule has 1 saturated heterocycles. The molecule has 4 nitrogen and oxygen atoms in total. The molecule has 0 saturated carbocycles. The van der Waals surface area contributed by atoms with Crippen molar-refractivity contribution in [3.8, 4) is 0 Å². The fourth-order valence-electron chi connectivity index (χ4n) is 0.651. The molecule has 0 spiro atoms. The first-order valence-corrected chi connectivity index (χ1v) is 2.58. The van der Waals surface area contributed by atoms with Crippen molar-refractivity contribution in [2.24, 2.45) is 0 Å². The van der Waals surface area contributed by atoms with E-state index in [1.54, 1.807) is 0 Å². The number of hydrogen-bond acceptors (Lipinski definition) is 4. The molecule has 0 amide bonds. The number of carbonyl (C=O) groups is 2. The molecule has 0 aromatic rings. The quantitative estimate of drug-likeness (QED) is 0.360. The number of carbonyl (C=O) groups excluding carboxylic acids is 2. The van der Waals surface area contributed by atoms with E-state index in [1.807, 2.05) is 0 Å². The molecule has 0 bridgehead atoms. The Kier molecular flexibility index (Phi) is 1.48. The van der Waals surface area contributed by atoms with Gasteiger partial charge in [-0.05, 0) is 0 Å². The molecule has 0 radical (unpaired) electrons. The number of aliphatic hydroxyl groups is 1. The normalized spacial score (nSPS) is 26.6. The standard InChI is InChI=1S/C5H6O4/c6-2-3-1-4(7)5(8)9-3/h3,6H,1-2H2. The minimum absolute atomic E-state index is 0.0231. The van der Waals surface area contributed by atoms with Crippen LogP contribution in [0.5, 0.6) is 0 Å². The molecule has 1 N–H and O–H groups in total. The third kappa shape index (κ3) is 1.08. The zero-order chi connectivity index (χ0) is 6.85. The zero-order valence-electron chi connectivity index (χ0n) is 4.66. The van der Waals surface area contributed by atoms with E-state index in [4.69, 9.17) is 5.11 Å².